The van der Waals surface area contributed by atoms with Crippen LogP contribution in [0.4, 0.5) is 11.4 Å². The Morgan fingerprint density at radius 3 is 2.86 bits per heavy atom. The van der Waals surface area contributed by atoms with Crippen molar-refractivity contribution in [3.63, 3.8) is 0 Å². The standard InChI is InChI=1S/C22H24N2O4/c1-5-11-24-18-10-9-17(12-20(18)28-16(4)22(24)26)23-21(25)13-27-19-8-6-7-14(2)15(19)3/h5-10,12,16H,1,11,13H2,2-4H3,(H,23,25). The van der Waals surface area contributed by atoms with Crippen molar-refractivity contribution in [2.45, 2.75) is 26.9 Å². The Bertz CT molecular complexity index is 923. The Kier molecular flexibility index (Phi) is 5.68. The normalized spacial score (nSPS) is 15.5. The summed E-state index contributed by atoms with van der Waals surface area (Å²) in [6.07, 6.45) is 1.08. The van der Waals surface area contributed by atoms with Gasteiger partial charge in [0.05, 0.1) is 5.69 Å². The van der Waals surface area contributed by atoms with Gasteiger partial charge < -0.3 is 19.7 Å². The largest absolute Gasteiger partial charge is 0.483 e. The average molecular weight is 380 g/mol. The summed E-state index contributed by atoms with van der Waals surface area (Å²) in [5.41, 5.74) is 3.36. The van der Waals surface area contributed by atoms with E-state index in [4.69, 9.17) is 9.47 Å². The second kappa shape index (κ2) is 8.17. The number of aryl methyl sites for hydroxylation is 1. The molecule has 0 saturated carbocycles. The Morgan fingerprint density at radius 2 is 2.11 bits per heavy atom. The number of benzene rings is 2. The molecule has 1 atom stereocenters. The average Bonchev–Trinajstić information content (AvgIpc) is 2.66. The molecule has 28 heavy (non-hydrogen) atoms. The molecule has 0 bridgehead atoms. The van der Waals surface area contributed by atoms with Crippen LogP contribution >= 0.6 is 0 Å². The molecule has 2 aromatic carbocycles. The molecular weight excluding hydrogens is 356 g/mol. The van der Waals surface area contributed by atoms with Gasteiger partial charge in [-0.25, -0.2) is 0 Å². The molecule has 0 saturated heterocycles. The summed E-state index contributed by atoms with van der Waals surface area (Å²) in [6, 6.07) is 10.9. The van der Waals surface area contributed by atoms with Crippen LogP contribution in [-0.2, 0) is 9.59 Å². The van der Waals surface area contributed by atoms with E-state index in [2.05, 4.69) is 11.9 Å². The lowest BCUT2D eigenvalue weighted by atomic mass is 10.1. The zero-order valence-electron chi connectivity index (χ0n) is 16.3. The molecule has 2 amide bonds. The van der Waals surface area contributed by atoms with Crippen LogP contribution in [0.5, 0.6) is 11.5 Å². The van der Waals surface area contributed by atoms with Gasteiger partial charge in [-0.3, -0.25) is 9.59 Å². The third-order valence-corrected chi connectivity index (χ3v) is 4.68. The molecule has 0 spiro atoms. The van der Waals surface area contributed by atoms with Crippen molar-refractivity contribution in [3.05, 3.63) is 60.2 Å². The molecule has 0 radical (unpaired) electrons. The van der Waals surface area contributed by atoms with Gasteiger partial charge in [0, 0.05) is 18.3 Å². The van der Waals surface area contributed by atoms with E-state index >= 15 is 0 Å². The molecular formula is C22H24N2O4. The van der Waals surface area contributed by atoms with Crippen LogP contribution in [0.2, 0.25) is 0 Å². The van der Waals surface area contributed by atoms with Crippen LogP contribution in [0.1, 0.15) is 18.1 Å². The SMILES string of the molecule is C=CCN1C(=O)C(C)Oc2cc(NC(=O)COc3cccc(C)c3C)ccc21. The Balaban J connectivity index is 1.69. The molecule has 1 unspecified atom stereocenters. The fourth-order valence-electron chi connectivity index (χ4n) is 3.03. The lowest BCUT2D eigenvalue weighted by Gasteiger charge is -2.32. The maximum absolute atomic E-state index is 12.3. The summed E-state index contributed by atoms with van der Waals surface area (Å²) in [7, 11) is 0. The minimum absolute atomic E-state index is 0.0975. The number of carbonyl (C=O) groups is 2. The highest BCUT2D eigenvalue weighted by atomic mass is 16.5. The Hall–Kier alpha value is -3.28. The zero-order chi connectivity index (χ0) is 20.3. The number of rotatable bonds is 6. The summed E-state index contributed by atoms with van der Waals surface area (Å²) >= 11 is 0. The smallest absolute Gasteiger partial charge is 0.268 e. The minimum Gasteiger partial charge on any atom is -0.483 e. The van der Waals surface area contributed by atoms with Gasteiger partial charge in [0.1, 0.15) is 11.5 Å². The van der Waals surface area contributed by atoms with Crippen molar-refractivity contribution < 1.29 is 19.1 Å². The number of amides is 2. The van der Waals surface area contributed by atoms with Crippen LogP contribution in [0.3, 0.4) is 0 Å². The van der Waals surface area contributed by atoms with Crippen LogP contribution < -0.4 is 19.7 Å². The molecule has 1 aliphatic rings. The van der Waals surface area contributed by atoms with Gasteiger partial charge in [0.15, 0.2) is 12.7 Å². The number of anilines is 2. The van der Waals surface area contributed by atoms with E-state index in [9.17, 15) is 9.59 Å². The van der Waals surface area contributed by atoms with Crippen LogP contribution in [0, 0.1) is 13.8 Å². The molecule has 6 nitrogen and oxygen atoms in total. The van der Waals surface area contributed by atoms with Crippen LogP contribution in [0.15, 0.2) is 49.1 Å². The molecule has 2 aromatic rings. The minimum atomic E-state index is -0.592. The summed E-state index contributed by atoms with van der Waals surface area (Å²) in [5.74, 6) is 0.841. The third kappa shape index (κ3) is 4.01. The molecule has 0 aromatic heterocycles. The second-order valence-corrected chi connectivity index (χ2v) is 6.72. The fourth-order valence-corrected chi connectivity index (χ4v) is 3.03. The first kappa shape index (κ1) is 19.5. The number of hydrogen-bond acceptors (Lipinski definition) is 4. The van der Waals surface area contributed by atoms with Gasteiger partial charge in [-0.1, -0.05) is 18.2 Å². The van der Waals surface area contributed by atoms with E-state index in [-0.39, 0.29) is 18.4 Å². The molecule has 3 rings (SSSR count). The molecule has 6 heteroatoms. The zero-order valence-corrected chi connectivity index (χ0v) is 16.3. The highest BCUT2D eigenvalue weighted by Gasteiger charge is 2.30. The molecule has 1 heterocycles. The summed E-state index contributed by atoms with van der Waals surface area (Å²) in [6.45, 7) is 9.65. The van der Waals surface area contributed by atoms with Gasteiger partial charge in [0.25, 0.3) is 11.8 Å². The van der Waals surface area contributed by atoms with Crippen molar-refractivity contribution in [1.82, 2.24) is 0 Å². The quantitative estimate of drug-likeness (QED) is 0.777. The van der Waals surface area contributed by atoms with Gasteiger partial charge in [-0.15, -0.1) is 6.58 Å². The van der Waals surface area contributed by atoms with Crippen molar-refractivity contribution in [3.8, 4) is 11.5 Å². The molecule has 0 fully saturated rings. The number of nitrogens with zero attached hydrogens (tertiary/aromatic N) is 1. The van der Waals surface area contributed by atoms with Gasteiger partial charge in [-0.2, -0.15) is 0 Å². The number of fused-ring (bicyclic) bond motifs is 1. The lowest BCUT2D eigenvalue weighted by molar-refractivity contribution is -0.125. The van der Waals surface area contributed by atoms with Gasteiger partial charge in [-0.05, 0) is 50.1 Å². The van der Waals surface area contributed by atoms with Crippen molar-refractivity contribution in [1.29, 1.82) is 0 Å². The van der Waals surface area contributed by atoms with Gasteiger partial charge in [0.2, 0.25) is 0 Å². The summed E-state index contributed by atoms with van der Waals surface area (Å²) in [4.78, 5) is 26.2. The van der Waals surface area contributed by atoms with Crippen molar-refractivity contribution in [2.75, 3.05) is 23.4 Å². The van der Waals surface area contributed by atoms with E-state index in [0.717, 1.165) is 11.1 Å². The van der Waals surface area contributed by atoms with E-state index < -0.39 is 6.10 Å². The fraction of sp³-hybridized carbons (Fsp3) is 0.273. The summed E-state index contributed by atoms with van der Waals surface area (Å²) in [5, 5.41) is 2.80. The Labute approximate surface area is 164 Å². The highest BCUT2D eigenvalue weighted by molar-refractivity contribution is 6.01. The lowest BCUT2D eigenvalue weighted by Crippen LogP contribution is -2.44. The monoisotopic (exact) mass is 380 g/mol. The van der Waals surface area contributed by atoms with E-state index in [1.807, 2.05) is 32.0 Å². The van der Waals surface area contributed by atoms with Gasteiger partial charge >= 0.3 is 0 Å². The van der Waals surface area contributed by atoms with Crippen LogP contribution in [-0.4, -0.2) is 31.1 Å². The number of carbonyl (C=O) groups excluding carboxylic acids is 2. The van der Waals surface area contributed by atoms with E-state index in [1.54, 1.807) is 36.1 Å². The number of ether oxygens (including phenoxy) is 2. The second-order valence-electron chi connectivity index (χ2n) is 6.72. The number of nitrogens with one attached hydrogen (secondary N) is 1. The first-order chi connectivity index (χ1) is 13.4. The highest BCUT2D eigenvalue weighted by Crippen LogP contribution is 2.36. The number of hydrogen-bond donors (Lipinski definition) is 1. The van der Waals surface area contributed by atoms with Crippen LogP contribution in [0.25, 0.3) is 0 Å². The molecule has 0 aliphatic carbocycles. The first-order valence-electron chi connectivity index (χ1n) is 9.12. The topological polar surface area (TPSA) is 67.9 Å². The van der Waals surface area contributed by atoms with E-state index in [1.165, 1.54) is 0 Å². The molecule has 1 N–H and O–H groups in total. The maximum atomic E-state index is 12.3. The van der Waals surface area contributed by atoms with Crippen molar-refractivity contribution >= 4 is 23.2 Å². The predicted molar refractivity (Wildman–Crippen MR) is 109 cm³/mol. The Morgan fingerprint density at radius 1 is 1.32 bits per heavy atom. The molecule has 1 aliphatic heterocycles. The maximum Gasteiger partial charge on any atom is 0.268 e. The van der Waals surface area contributed by atoms with Crippen molar-refractivity contribution in [2.24, 2.45) is 0 Å². The predicted octanol–water partition coefficient (Wildman–Crippen LogP) is 3.62. The summed E-state index contributed by atoms with van der Waals surface area (Å²) < 4.78 is 11.3. The first-order valence-corrected chi connectivity index (χ1v) is 9.12. The third-order valence-electron chi connectivity index (χ3n) is 4.68. The molecule has 146 valence electrons. The van der Waals surface area contributed by atoms with E-state index in [0.29, 0.717) is 29.4 Å².